The Morgan fingerprint density at radius 2 is 0.364 bits per heavy atom. The summed E-state index contributed by atoms with van der Waals surface area (Å²) in [7, 11) is 0. The third-order valence-corrected chi connectivity index (χ3v) is 0. The molecule has 0 aromatic rings. The van der Waals surface area contributed by atoms with Crippen LogP contribution >= 0.6 is 0 Å². The van der Waals surface area contributed by atoms with Crippen molar-refractivity contribution >= 4 is 23.1 Å². The number of nitrogens with zero attached hydrogens (tertiary/aromatic N) is 5. The van der Waals surface area contributed by atoms with Crippen LogP contribution in [0.2, 0.25) is 0 Å². The molecule has 0 bridgehead atoms. The Bertz CT molecular complexity index is 213. The summed E-state index contributed by atoms with van der Waals surface area (Å²) in [6, 6.07) is 0. The summed E-state index contributed by atoms with van der Waals surface area (Å²) in [5, 5.41) is 73.8. The molecular formula is GdMgN5O15. The molecule has 0 saturated heterocycles. The minimum atomic E-state index is -1.75. The van der Waals surface area contributed by atoms with Gasteiger partial charge in [0.05, 0.1) is 25.4 Å². The molecule has 0 saturated carbocycles. The van der Waals surface area contributed by atoms with Crippen molar-refractivity contribution < 1.29 is 65.4 Å². The first-order chi connectivity index (χ1) is 8.66. The van der Waals surface area contributed by atoms with E-state index < -0.39 is 25.4 Å². The second-order valence-electron chi connectivity index (χ2n) is 1.12. The Labute approximate surface area is 164 Å². The first-order valence-corrected chi connectivity index (χ1v) is 2.74. The summed E-state index contributed by atoms with van der Waals surface area (Å²) >= 11 is 0. The van der Waals surface area contributed by atoms with Gasteiger partial charge in [-0.25, -0.2) is 0 Å². The maximum atomic E-state index is 8.25. The van der Waals surface area contributed by atoms with Gasteiger partial charge in [-0.2, -0.15) is 0 Å². The quantitative estimate of drug-likeness (QED) is 0.209. The zero-order valence-electron chi connectivity index (χ0n) is 9.42. The van der Waals surface area contributed by atoms with Crippen LogP contribution in [0.5, 0.6) is 0 Å². The fourth-order valence-corrected chi connectivity index (χ4v) is 0. The van der Waals surface area contributed by atoms with Crippen molar-refractivity contribution in [1.82, 2.24) is 0 Å². The molecule has 0 N–H and O–H groups in total. The van der Waals surface area contributed by atoms with Gasteiger partial charge in [0.1, 0.15) is 0 Å². The maximum absolute atomic E-state index is 8.25. The third kappa shape index (κ3) is 1450. The van der Waals surface area contributed by atoms with Crippen molar-refractivity contribution in [2.75, 3.05) is 0 Å². The van der Waals surface area contributed by atoms with Gasteiger partial charge < -0.3 is 76.6 Å². The van der Waals surface area contributed by atoms with Crippen LogP contribution in [0.15, 0.2) is 0 Å². The minimum Gasteiger partial charge on any atom is -0.356 e. The van der Waals surface area contributed by atoms with Crippen LogP contribution in [-0.2, 0) is 0 Å². The maximum Gasteiger partial charge on any atom is 3.00 e. The van der Waals surface area contributed by atoms with Crippen LogP contribution in [0.25, 0.3) is 0 Å². The molecule has 0 rings (SSSR count). The molecular weight excluding hydrogens is 492 g/mol. The van der Waals surface area contributed by atoms with E-state index in [0.29, 0.717) is 0 Å². The molecule has 22 heavy (non-hydrogen) atoms. The Balaban J connectivity index is -0.0000000250. The smallest absolute Gasteiger partial charge is 0.356 e. The predicted molar refractivity (Wildman–Crippen MR) is 57.6 cm³/mol. The predicted octanol–water partition coefficient (Wildman–Crippen LogP) is -1.58. The van der Waals surface area contributed by atoms with Crippen molar-refractivity contribution in [3.05, 3.63) is 76.6 Å². The Hall–Kier alpha value is -1.91. The number of hydrogen-bond acceptors (Lipinski definition) is 15. The number of hydrogen-bond donors (Lipinski definition) is 0. The van der Waals surface area contributed by atoms with Gasteiger partial charge in [-0.1, -0.05) is 0 Å². The van der Waals surface area contributed by atoms with E-state index in [1.54, 1.807) is 0 Å². The molecule has 22 heteroatoms. The molecule has 0 fully saturated rings. The average Bonchev–Trinajstić information content (AvgIpc) is 1.94. The Kier molecular flexibility index (Phi) is 70.8. The zero-order chi connectivity index (χ0) is 17.9. The van der Waals surface area contributed by atoms with E-state index >= 15 is 0 Å². The average molecular weight is 492 g/mol. The second kappa shape index (κ2) is 36.5. The van der Waals surface area contributed by atoms with Crippen LogP contribution in [0.3, 0.4) is 0 Å². The van der Waals surface area contributed by atoms with Gasteiger partial charge in [-0.15, -0.1) is 0 Å². The van der Waals surface area contributed by atoms with Gasteiger partial charge in [0.25, 0.3) is 0 Å². The van der Waals surface area contributed by atoms with E-state index in [1.807, 2.05) is 0 Å². The third-order valence-electron chi connectivity index (χ3n) is 0. The summed E-state index contributed by atoms with van der Waals surface area (Å²) in [5.41, 5.74) is 0. The van der Waals surface area contributed by atoms with Crippen LogP contribution in [0.1, 0.15) is 0 Å². The van der Waals surface area contributed by atoms with E-state index in [0.717, 1.165) is 0 Å². The first-order valence-electron chi connectivity index (χ1n) is 2.74. The van der Waals surface area contributed by atoms with Crippen LogP contribution in [0.4, 0.5) is 0 Å². The molecule has 20 nitrogen and oxygen atoms in total. The molecule has 0 unspecified atom stereocenters. The number of rotatable bonds is 0. The fourth-order valence-electron chi connectivity index (χ4n) is 0. The Morgan fingerprint density at radius 1 is 0.364 bits per heavy atom. The van der Waals surface area contributed by atoms with Crippen LogP contribution in [-0.4, -0.2) is 48.5 Å². The normalized spacial score (nSPS) is 5.45. The van der Waals surface area contributed by atoms with Crippen molar-refractivity contribution in [2.24, 2.45) is 0 Å². The molecule has 0 aliphatic carbocycles. The first kappa shape index (κ1) is 42.7. The second-order valence-corrected chi connectivity index (χ2v) is 1.12. The molecule has 0 aromatic carbocycles. The van der Waals surface area contributed by atoms with Gasteiger partial charge in [0.15, 0.2) is 0 Å². The molecule has 0 amide bonds. The molecule has 0 aliphatic heterocycles. The molecule has 0 aromatic heterocycles. The van der Waals surface area contributed by atoms with Crippen molar-refractivity contribution in [2.45, 2.75) is 0 Å². The summed E-state index contributed by atoms with van der Waals surface area (Å²) in [5.74, 6) is 0. The van der Waals surface area contributed by atoms with Gasteiger partial charge in [0.2, 0.25) is 0 Å². The van der Waals surface area contributed by atoms with E-state index in [1.165, 1.54) is 0 Å². The zero-order valence-corrected chi connectivity index (χ0v) is 13.1. The molecule has 0 atom stereocenters. The monoisotopic (exact) mass is 492 g/mol. The largest absolute Gasteiger partial charge is 3.00 e. The van der Waals surface area contributed by atoms with Crippen molar-refractivity contribution in [3.63, 3.8) is 0 Å². The summed E-state index contributed by atoms with van der Waals surface area (Å²) < 4.78 is 0. The van der Waals surface area contributed by atoms with Gasteiger partial charge in [-0.3, -0.25) is 0 Å². The van der Waals surface area contributed by atoms with Gasteiger partial charge in [0, 0.05) is 0 Å². The van der Waals surface area contributed by atoms with Gasteiger partial charge >= 0.3 is 63.0 Å². The minimum absolute atomic E-state index is 0. The standard InChI is InChI=1S/Gd.Mg.5NO3/c;;5*2-1(3)4/q+3;+2;5*-1. The van der Waals surface area contributed by atoms with E-state index in [9.17, 15) is 0 Å². The molecule has 125 valence electrons. The summed E-state index contributed by atoms with van der Waals surface area (Å²) in [6.45, 7) is 0. The fraction of sp³-hybridized carbons (Fsp3) is 0. The molecule has 0 spiro atoms. The SMILES string of the molecule is O=[N+]([O-])[O-].O=[N+]([O-])[O-].O=[N+]([O-])[O-].O=[N+]([O-])[O-].O=[N+]([O-])[O-].[Gd+3].[Mg+2]. The van der Waals surface area contributed by atoms with Crippen LogP contribution in [0, 0.1) is 117 Å². The molecule has 0 aliphatic rings. The van der Waals surface area contributed by atoms with Crippen molar-refractivity contribution in [1.29, 1.82) is 0 Å². The molecule has 0 heterocycles. The molecule has 1 radical (unpaired) electrons. The summed E-state index contributed by atoms with van der Waals surface area (Å²) in [6.07, 6.45) is 0. The van der Waals surface area contributed by atoms with Crippen molar-refractivity contribution in [3.8, 4) is 0 Å². The topological polar surface area (TPSA) is 331 Å². The van der Waals surface area contributed by atoms with E-state index in [4.69, 9.17) is 76.6 Å². The van der Waals surface area contributed by atoms with Gasteiger partial charge in [-0.05, 0) is 0 Å². The Morgan fingerprint density at radius 3 is 0.364 bits per heavy atom. The summed E-state index contributed by atoms with van der Waals surface area (Å²) in [4.78, 5) is 41.2. The van der Waals surface area contributed by atoms with Crippen LogP contribution < -0.4 is 0 Å². The van der Waals surface area contributed by atoms with E-state index in [-0.39, 0.29) is 63.0 Å². The van der Waals surface area contributed by atoms with E-state index in [2.05, 4.69) is 0 Å².